The molecule has 19 heavy (non-hydrogen) atoms. The molecule has 1 nitrogen and oxygen atoms in total. The van der Waals surface area contributed by atoms with Gasteiger partial charge in [-0.05, 0) is 55.5 Å². The molecule has 1 aromatic rings. The van der Waals surface area contributed by atoms with E-state index in [0.29, 0.717) is 23.8 Å². The zero-order valence-electron chi connectivity index (χ0n) is 10.7. The minimum Gasteiger partial charge on any atom is -0.316 e. The van der Waals surface area contributed by atoms with Crippen LogP contribution in [0.5, 0.6) is 0 Å². The van der Waals surface area contributed by atoms with Crippen molar-refractivity contribution in [3.8, 4) is 0 Å². The summed E-state index contributed by atoms with van der Waals surface area (Å²) in [5, 5.41) is 3.26. The number of rotatable bonds is 2. The Kier molecular flexibility index (Phi) is 4.13. The lowest BCUT2D eigenvalue weighted by Gasteiger charge is -2.29. The van der Waals surface area contributed by atoms with E-state index in [9.17, 15) is 17.6 Å². The highest BCUT2D eigenvalue weighted by Gasteiger charge is 2.34. The number of alkyl halides is 3. The second kappa shape index (κ2) is 5.49. The number of nitrogens with one attached hydrogen (secondary N) is 1. The lowest BCUT2D eigenvalue weighted by Crippen LogP contribution is -2.36. The van der Waals surface area contributed by atoms with Gasteiger partial charge in [0, 0.05) is 0 Å². The molecule has 2 rings (SSSR count). The van der Waals surface area contributed by atoms with E-state index in [2.05, 4.69) is 12.2 Å². The third-order valence-electron chi connectivity index (χ3n) is 3.82. The van der Waals surface area contributed by atoms with Gasteiger partial charge in [0.2, 0.25) is 0 Å². The fourth-order valence-electron chi connectivity index (χ4n) is 2.55. The van der Waals surface area contributed by atoms with E-state index in [1.165, 1.54) is 6.07 Å². The van der Waals surface area contributed by atoms with E-state index in [1.54, 1.807) is 0 Å². The van der Waals surface area contributed by atoms with Gasteiger partial charge in [-0.2, -0.15) is 13.2 Å². The molecule has 0 bridgehead atoms. The Morgan fingerprint density at radius 3 is 2.63 bits per heavy atom. The molecule has 1 aliphatic rings. The van der Waals surface area contributed by atoms with Crippen molar-refractivity contribution < 1.29 is 17.6 Å². The van der Waals surface area contributed by atoms with Gasteiger partial charge in [-0.3, -0.25) is 0 Å². The maximum Gasteiger partial charge on any atom is 0.419 e. The summed E-state index contributed by atoms with van der Waals surface area (Å²) in [5.74, 6) is -0.321. The van der Waals surface area contributed by atoms with Gasteiger partial charge >= 0.3 is 6.18 Å². The van der Waals surface area contributed by atoms with Crippen LogP contribution in [0.2, 0.25) is 0 Å². The summed E-state index contributed by atoms with van der Waals surface area (Å²) in [7, 11) is 0. The Hall–Kier alpha value is -1.10. The van der Waals surface area contributed by atoms with Crippen molar-refractivity contribution in [3.05, 3.63) is 35.1 Å². The van der Waals surface area contributed by atoms with E-state index in [1.807, 2.05) is 0 Å². The third-order valence-corrected chi connectivity index (χ3v) is 3.82. The topological polar surface area (TPSA) is 12.0 Å². The molecular formula is C14H17F4N. The highest BCUT2D eigenvalue weighted by Crippen LogP contribution is 2.32. The zero-order chi connectivity index (χ0) is 14.0. The summed E-state index contributed by atoms with van der Waals surface area (Å²) in [6, 6.07) is 3.24. The van der Waals surface area contributed by atoms with Crippen LogP contribution in [0.1, 0.15) is 24.5 Å². The van der Waals surface area contributed by atoms with Crippen molar-refractivity contribution in [2.75, 3.05) is 13.1 Å². The molecule has 0 aromatic heterocycles. The zero-order valence-corrected chi connectivity index (χ0v) is 10.7. The fourth-order valence-corrected chi connectivity index (χ4v) is 2.55. The Morgan fingerprint density at radius 1 is 1.32 bits per heavy atom. The third kappa shape index (κ3) is 3.47. The van der Waals surface area contributed by atoms with Gasteiger partial charge in [-0.25, -0.2) is 4.39 Å². The normalized spacial score (nSPS) is 24.5. The summed E-state index contributed by atoms with van der Waals surface area (Å²) >= 11 is 0. The van der Waals surface area contributed by atoms with E-state index in [4.69, 9.17) is 0 Å². The van der Waals surface area contributed by atoms with Crippen molar-refractivity contribution in [2.45, 2.75) is 25.9 Å². The van der Waals surface area contributed by atoms with Gasteiger partial charge in [0.1, 0.15) is 5.82 Å². The molecule has 1 heterocycles. The van der Waals surface area contributed by atoms with Crippen LogP contribution in [-0.2, 0) is 12.6 Å². The minimum absolute atomic E-state index is 0.352. The fraction of sp³-hybridized carbons (Fsp3) is 0.571. The molecule has 2 atom stereocenters. The summed E-state index contributed by atoms with van der Waals surface area (Å²) in [5.41, 5.74) is -0.558. The average molecular weight is 275 g/mol. The van der Waals surface area contributed by atoms with Crippen molar-refractivity contribution >= 4 is 0 Å². The molecule has 0 radical (unpaired) electrons. The Balaban J connectivity index is 2.12. The molecular weight excluding hydrogens is 258 g/mol. The first-order valence-corrected chi connectivity index (χ1v) is 6.44. The number of hydrogen-bond donors (Lipinski definition) is 1. The standard InChI is InChI=1S/C14H17F4N/c1-9-4-5-19-8-11(9)6-10-2-3-12(13(15)7-10)14(16,17)18/h2-3,7,9,11,19H,4-6,8H2,1H3. The lowest BCUT2D eigenvalue weighted by atomic mass is 9.83. The first-order chi connectivity index (χ1) is 8.88. The SMILES string of the molecule is CC1CCNCC1Cc1ccc(C(F)(F)F)c(F)c1. The van der Waals surface area contributed by atoms with Crippen molar-refractivity contribution in [1.82, 2.24) is 5.32 Å². The number of halogens is 4. The van der Waals surface area contributed by atoms with Crippen molar-refractivity contribution in [1.29, 1.82) is 0 Å². The van der Waals surface area contributed by atoms with Gasteiger partial charge < -0.3 is 5.32 Å². The van der Waals surface area contributed by atoms with Crippen LogP contribution in [0, 0.1) is 17.7 Å². The van der Waals surface area contributed by atoms with Crippen LogP contribution < -0.4 is 5.32 Å². The highest BCUT2D eigenvalue weighted by molar-refractivity contribution is 5.27. The summed E-state index contributed by atoms with van der Waals surface area (Å²) in [4.78, 5) is 0. The van der Waals surface area contributed by atoms with E-state index < -0.39 is 17.6 Å². The molecule has 0 aliphatic carbocycles. The average Bonchev–Trinajstić information content (AvgIpc) is 2.30. The predicted octanol–water partition coefficient (Wildman–Crippen LogP) is 3.63. The Morgan fingerprint density at radius 2 is 2.05 bits per heavy atom. The van der Waals surface area contributed by atoms with Crippen LogP contribution in [0.3, 0.4) is 0 Å². The monoisotopic (exact) mass is 275 g/mol. The van der Waals surface area contributed by atoms with Gasteiger partial charge in [-0.15, -0.1) is 0 Å². The molecule has 1 aromatic carbocycles. The molecule has 0 amide bonds. The molecule has 1 fully saturated rings. The molecule has 2 unspecified atom stereocenters. The van der Waals surface area contributed by atoms with Crippen LogP contribution in [0.4, 0.5) is 17.6 Å². The van der Waals surface area contributed by atoms with Crippen molar-refractivity contribution in [3.63, 3.8) is 0 Å². The number of piperidine rings is 1. The van der Waals surface area contributed by atoms with E-state index in [0.717, 1.165) is 31.6 Å². The Labute approximate surface area is 110 Å². The first-order valence-electron chi connectivity index (χ1n) is 6.44. The van der Waals surface area contributed by atoms with Gasteiger partial charge in [0.15, 0.2) is 0 Å². The van der Waals surface area contributed by atoms with E-state index >= 15 is 0 Å². The maximum absolute atomic E-state index is 13.5. The number of benzene rings is 1. The van der Waals surface area contributed by atoms with Crippen molar-refractivity contribution in [2.24, 2.45) is 11.8 Å². The molecule has 1 saturated heterocycles. The largest absolute Gasteiger partial charge is 0.419 e. The van der Waals surface area contributed by atoms with Gasteiger partial charge in [0.05, 0.1) is 5.56 Å². The molecule has 1 aliphatic heterocycles. The highest BCUT2D eigenvalue weighted by atomic mass is 19.4. The predicted molar refractivity (Wildman–Crippen MR) is 65.2 cm³/mol. The van der Waals surface area contributed by atoms with Gasteiger partial charge in [0.25, 0.3) is 0 Å². The molecule has 0 spiro atoms. The maximum atomic E-state index is 13.5. The second-order valence-electron chi connectivity index (χ2n) is 5.25. The number of hydrogen-bond acceptors (Lipinski definition) is 1. The smallest absolute Gasteiger partial charge is 0.316 e. The quantitative estimate of drug-likeness (QED) is 0.813. The minimum atomic E-state index is -4.62. The van der Waals surface area contributed by atoms with Crippen LogP contribution in [0.25, 0.3) is 0 Å². The summed E-state index contributed by atoms with van der Waals surface area (Å²) in [6.07, 6.45) is -2.96. The van der Waals surface area contributed by atoms with Gasteiger partial charge in [-0.1, -0.05) is 13.0 Å². The summed E-state index contributed by atoms with van der Waals surface area (Å²) < 4.78 is 50.8. The van der Waals surface area contributed by atoms with Crippen LogP contribution in [0.15, 0.2) is 18.2 Å². The Bertz CT molecular complexity index is 442. The van der Waals surface area contributed by atoms with Crippen LogP contribution in [-0.4, -0.2) is 13.1 Å². The molecule has 106 valence electrons. The summed E-state index contributed by atoms with van der Waals surface area (Å²) in [6.45, 7) is 3.94. The lowest BCUT2D eigenvalue weighted by molar-refractivity contribution is -0.140. The van der Waals surface area contributed by atoms with E-state index in [-0.39, 0.29) is 0 Å². The molecule has 0 saturated carbocycles. The molecule has 5 heteroatoms. The van der Waals surface area contributed by atoms with Crippen LogP contribution >= 0.6 is 0 Å². The molecule has 1 N–H and O–H groups in total. The first kappa shape index (κ1) is 14.3. The second-order valence-corrected chi connectivity index (χ2v) is 5.25.